The Hall–Kier alpha value is -1.55. The molecule has 1 atom stereocenters. The second-order valence-corrected chi connectivity index (χ2v) is 6.21. The summed E-state index contributed by atoms with van der Waals surface area (Å²) in [5.74, 6) is 1.68. The molecule has 0 amide bonds. The predicted octanol–water partition coefficient (Wildman–Crippen LogP) is 2.73. The molecule has 0 radical (unpaired) electrons. The lowest BCUT2D eigenvalue weighted by atomic mass is 10.1. The van der Waals surface area contributed by atoms with Crippen molar-refractivity contribution in [1.82, 2.24) is 10.2 Å². The van der Waals surface area contributed by atoms with Crippen LogP contribution in [0.25, 0.3) is 0 Å². The molecule has 0 aliphatic carbocycles. The SMILES string of the molecule is CCNC(=NCCc1ccc(CC)cc1)N1CCC(COC)C1. The van der Waals surface area contributed by atoms with Crippen molar-refractivity contribution in [2.45, 2.75) is 33.1 Å². The molecule has 0 aromatic heterocycles. The molecule has 1 aromatic carbocycles. The van der Waals surface area contributed by atoms with Gasteiger partial charge in [0.25, 0.3) is 0 Å². The van der Waals surface area contributed by atoms with Crippen molar-refractivity contribution in [3.05, 3.63) is 35.4 Å². The molecule has 0 saturated carbocycles. The van der Waals surface area contributed by atoms with Crippen molar-refractivity contribution in [2.24, 2.45) is 10.9 Å². The number of hydrogen-bond donors (Lipinski definition) is 1. The number of methoxy groups -OCH3 is 1. The molecule has 4 heteroatoms. The second kappa shape index (κ2) is 9.56. The standard InChI is InChI=1S/C19H31N3O/c1-4-16-6-8-17(9-7-16)10-12-21-19(20-5-2)22-13-11-18(14-22)15-23-3/h6-9,18H,4-5,10-15H2,1-3H3,(H,20,21). The highest BCUT2D eigenvalue weighted by molar-refractivity contribution is 5.80. The van der Waals surface area contributed by atoms with Crippen molar-refractivity contribution in [3.63, 3.8) is 0 Å². The predicted molar refractivity (Wildman–Crippen MR) is 97.1 cm³/mol. The van der Waals surface area contributed by atoms with E-state index in [-0.39, 0.29) is 0 Å². The average molecular weight is 317 g/mol. The van der Waals surface area contributed by atoms with Crippen molar-refractivity contribution in [3.8, 4) is 0 Å². The lowest BCUT2D eigenvalue weighted by molar-refractivity contribution is 0.157. The quantitative estimate of drug-likeness (QED) is 0.620. The molecule has 1 aliphatic heterocycles. The average Bonchev–Trinajstić information content (AvgIpc) is 3.03. The molecular weight excluding hydrogens is 286 g/mol. The normalized spacial score (nSPS) is 18.5. The van der Waals surface area contributed by atoms with Crippen LogP contribution in [0.3, 0.4) is 0 Å². The molecular formula is C19H31N3O. The fraction of sp³-hybridized carbons (Fsp3) is 0.632. The molecule has 1 N–H and O–H groups in total. The van der Waals surface area contributed by atoms with Gasteiger partial charge in [0.2, 0.25) is 0 Å². The van der Waals surface area contributed by atoms with E-state index < -0.39 is 0 Å². The van der Waals surface area contributed by atoms with Crippen LogP contribution in [0.5, 0.6) is 0 Å². The molecule has 23 heavy (non-hydrogen) atoms. The van der Waals surface area contributed by atoms with Gasteiger partial charge in [0.15, 0.2) is 5.96 Å². The number of likely N-dealkylation sites (tertiary alicyclic amines) is 1. The van der Waals surface area contributed by atoms with E-state index in [1.165, 1.54) is 17.5 Å². The molecule has 1 unspecified atom stereocenters. The van der Waals surface area contributed by atoms with E-state index in [1.54, 1.807) is 7.11 Å². The summed E-state index contributed by atoms with van der Waals surface area (Å²) in [4.78, 5) is 7.19. The van der Waals surface area contributed by atoms with Gasteiger partial charge in [0.1, 0.15) is 0 Å². The van der Waals surface area contributed by atoms with Crippen molar-refractivity contribution in [1.29, 1.82) is 0 Å². The Kier molecular flexibility index (Phi) is 7.40. The zero-order valence-corrected chi connectivity index (χ0v) is 14.8. The number of nitrogens with one attached hydrogen (secondary N) is 1. The highest BCUT2D eigenvalue weighted by Crippen LogP contribution is 2.16. The molecule has 2 rings (SSSR count). The number of ether oxygens (including phenoxy) is 1. The lowest BCUT2D eigenvalue weighted by Gasteiger charge is -2.21. The summed E-state index contributed by atoms with van der Waals surface area (Å²) in [5, 5.41) is 3.43. The summed E-state index contributed by atoms with van der Waals surface area (Å²) in [5.41, 5.74) is 2.76. The van der Waals surface area contributed by atoms with Crippen LogP contribution in [-0.4, -0.2) is 50.8 Å². The van der Waals surface area contributed by atoms with E-state index in [4.69, 9.17) is 9.73 Å². The smallest absolute Gasteiger partial charge is 0.193 e. The maximum atomic E-state index is 5.28. The molecule has 1 aromatic rings. The Bertz CT molecular complexity index is 484. The van der Waals surface area contributed by atoms with Gasteiger partial charge in [-0.15, -0.1) is 0 Å². The Morgan fingerprint density at radius 1 is 1.26 bits per heavy atom. The zero-order valence-electron chi connectivity index (χ0n) is 14.8. The van der Waals surface area contributed by atoms with Crippen LogP contribution >= 0.6 is 0 Å². The summed E-state index contributed by atoms with van der Waals surface area (Å²) in [6.45, 7) is 9.03. The van der Waals surface area contributed by atoms with Crippen LogP contribution in [0.4, 0.5) is 0 Å². The first kappa shape index (κ1) is 17.8. The summed E-state index contributed by atoms with van der Waals surface area (Å²) in [6, 6.07) is 8.90. The third kappa shape index (κ3) is 5.54. The van der Waals surface area contributed by atoms with Gasteiger partial charge >= 0.3 is 0 Å². The van der Waals surface area contributed by atoms with Crippen LogP contribution < -0.4 is 5.32 Å². The fourth-order valence-electron chi connectivity index (χ4n) is 3.06. The van der Waals surface area contributed by atoms with Crippen LogP contribution in [0, 0.1) is 5.92 Å². The van der Waals surface area contributed by atoms with E-state index in [1.807, 2.05) is 0 Å². The van der Waals surface area contributed by atoms with Crippen LogP contribution in [0.2, 0.25) is 0 Å². The molecule has 0 bridgehead atoms. The Labute approximate surface area is 140 Å². The van der Waals surface area contributed by atoms with Gasteiger partial charge in [-0.25, -0.2) is 0 Å². The number of hydrogen-bond acceptors (Lipinski definition) is 2. The van der Waals surface area contributed by atoms with Crippen molar-refractivity contribution < 1.29 is 4.74 Å². The molecule has 1 heterocycles. The topological polar surface area (TPSA) is 36.9 Å². The molecule has 1 fully saturated rings. The van der Waals surface area contributed by atoms with Gasteiger partial charge in [-0.05, 0) is 37.3 Å². The number of guanidine groups is 1. The highest BCUT2D eigenvalue weighted by Gasteiger charge is 2.24. The number of rotatable bonds is 7. The van der Waals surface area contributed by atoms with Gasteiger partial charge < -0.3 is 15.0 Å². The maximum Gasteiger partial charge on any atom is 0.193 e. The van der Waals surface area contributed by atoms with E-state index in [0.717, 1.165) is 51.6 Å². The first-order valence-corrected chi connectivity index (χ1v) is 8.86. The zero-order chi connectivity index (χ0) is 16.5. The fourth-order valence-corrected chi connectivity index (χ4v) is 3.06. The Balaban J connectivity index is 1.88. The summed E-state index contributed by atoms with van der Waals surface area (Å²) in [7, 11) is 1.78. The number of aliphatic imine (C=N–C) groups is 1. The van der Waals surface area contributed by atoms with Crippen LogP contribution in [-0.2, 0) is 17.6 Å². The number of nitrogens with zero attached hydrogens (tertiary/aromatic N) is 2. The lowest BCUT2D eigenvalue weighted by Crippen LogP contribution is -2.40. The van der Waals surface area contributed by atoms with E-state index in [0.29, 0.717) is 5.92 Å². The van der Waals surface area contributed by atoms with Gasteiger partial charge in [-0.1, -0.05) is 31.2 Å². The van der Waals surface area contributed by atoms with Gasteiger partial charge in [0.05, 0.1) is 6.61 Å². The van der Waals surface area contributed by atoms with Gasteiger partial charge in [-0.2, -0.15) is 0 Å². The maximum absolute atomic E-state index is 5.28. The third-order valence-corrected chi connectivity index (χ3v) is 4.42. The minimum Gasteiger partial charge on any atom is -0.384 e. The van der Waals surface area contributed by atoms with Gasteiger partial charge in [0, 0.05) is 39.2 Å². The Morgan fingerprint density at radius 2 is 2.00 bits per heavy atom. The van der Waals surface area contributed by atoms with E-state index in [9.17, 15) is 0 Å². The minimum atomic E-state index is 0.630. The Morgan fingerprint density at radius 3 is 2.65 bits per heavy atom. The number of aryl methyl sites for hydroxylation is 1. The molecule has 4 nitrogen and oxygen atoms in total. The van der Waals surface area contributed by atoms with Crippen LogP contribution in [0.1, 0.15) is 31.4 Å². The van der Waals surface area contributed by atoms with Gasteiger partial charge in [-0.3, -0.25) is 4.99 Å². The third-order valence-electron chi connectivity index (χ3n) is 4.42. The molecule has 1 saturated heterocycles. The summed E-state index contributed by atoms with van der Waals surface area (Å²) in [6.07, 6.45) is 3.28. The molecule has 128 valence electrons. The molecule has 0 spiro atoms. The monoisotopic (exact) mass is 317 g/mol. The van der Waals surface area contributed by atoms with Crippen LogP contribution in [0.15, 0.2) is 29.3 Å². The first-order chi connectivity index (χ1) is 11.3. The summed E-state index contributed by atoms with van der Waals surface area (Å²) < 4.78 is 5.28. The minimum absolute atomic E-state index is 0.630. The van der Waals surface area contributed by atoms with Crippen molar-refractivity contribution >= 4 is 5.96 Å². The molecule has 1 aliphatic rings. The highest BCUT2D eigenvalue weighted by atomic mass is 16.5. The number of benzene rings is 1. The first-order valence-electron chi connectivity index (χ1n) is 8.86. The van der Waals surface area contributed by atoms with E-state index in [2.05, 4.69) is 48.3 Å². The van der Waals surface area contributed by atoms with Crippen molar-refractivity contribution in [2.75, 3.05) is 39.9 Å². The largest absolute Gasteiger partial charge is 0.384 e. The summed E-state index contributed by atoms with van der Waals surface area (Å²) >= 11 is 0. The second-order valence-electron chi connectivity index (χ2n) is 6.21. The van der Waals surface area contributed by atoms with E-state index >= 15 is 0 Å².